The molecule has 1 aromatic heterocycles. The quantitative estimate of drug-likeness (QED) is 0.457. The Morgan fingerprint density at radius 3 is 2.30 bits per heavy atom. The summed E-state index contributed by atoms with van der Waals surface area (Å²) in [4.78, 5) is 0. The van der Waals surface area contributed by atoms with Gasteiger partial charge in [0, 0.05) is 27.4 Å². The van der Waals surface area contributed by atoms with Crippen molar-refractivity contribution in [3.63, 3.8) is 0 Å². The van der Waals surface area contributed by atoms with E-state index in [0.717, 1.165) is 38.9 Å². The number of pyridine rings is 1. The zero-order valence-electron chi connectivity index (χ0n) is 20.4. The largest absolute Gasteiger partial charge is 0.213 e. The van der Waals surface area contributed by atoms with Crippen LogP contribution in [0.5, 0.6) is 0 Å². The van der Waals surface area contributed by atoms with Gasteiger partial charge in [0.2, 0.25) is 11.2 Å². The Morgan fingerprint density at radius 1 is 1.00 bits per heavy atom. The van der Waals surface area contributed by atoms with Crippen LogP contribution in [0, 0.1) is 26.5 Å². The maximum Gasteiger partial charge on any atom is 0.213 e. The molecule has 0 fully saturated rings. The summed E-state index contributed by atoms with van der Waals surface area (Å²) in [6.45, 7) is 9.66. The first-order valence-electron chi connectivity index (χ1n) is 11.1. The molecule has 0 aliphatic heterocycles. The molecule has 3 aromatic rings. The van der Waals surface area contributed by atoms with Gasteiger partial charge in [0.05, 0.1) is 5.39 Å². The average Bonchev–Trinajstić information content (AvgIpc) is 2.62. The Balaban J connectivity index is 2.40. The van der Waals surface area contributed by atoms with Gasteiger partial charge in [-0.2, -0.15) is 4.57 Å². The van der Waals surface area contributed by atoms with Crippen LogP contribution in [0.4, 0.5) is 4.39 Å². The summed E-state index contributed by atoms with van der Waals surface area (Å²) in [5.41, 5.74) is 6.26. The van der Waals surface area contributed by atoms with Gasteiger partial charge in [-0.3, -0.25) is 0 Å². The lowest BCUT2D eigenvalue weighted by molar-refractivity contribution is -0.633. The lowest BCUT2D eigenvalue weighted by Crippen LogP contribution is -2.33. The van der Waals surface area contributed by atoms with E-state index in [2.05, 4.69) is 4.57 Å². The predicted octanol–water partition coefficient (Wildman–Crippen LogP) is 6.64. The molecule has 1 heterocycles. The predicted molar refractivity (Wildman–Crippen MR) is 113 cm³/mol. The first-order chi connectivity index (χ1) is 13.8. The number of aromatic nitrogens is 1. The molecule has 0 saturated carbocycles. The fourth-order valence-electron chi connectivity index (χ4n) is 3.94. The lowest BCUT2D eigenvalue weighted by Gasteiger charge is -2.17. The van der Waals surface area contributed by atoms with Crippen molar-refractivity contribution in [1.29, 1.82) is 0 Å². The van der Waals surface area contributed by atoms with Crippen molar-refractivity contribution in [2.45, 2.75) is 60.2 Å². The Morgan fingerprint density at radius 2 is 1.70 bits per heavy atom. The number of fused-ring (bicyclic) bond motifs is 1. The number of nitrogens with zero attached hydrogens (tertiary/aromatic N) is 1. The van der Waals surface area contributed by atoms with E-state index >= 15 is 4.39 Å². The van der Waals surface area contributed by atoms with E-state index in [-0.39, 0.29) is 17.7 Å². The van der Waals surface area contributed by atoms with Crippen LogP contribution in [0.3, 0.4) is 0 Å². The molecule has 0 N–H and O–H groups in total. The van der Waals surface area contributed by atoms with Gasteiger partial charge < -0.3 is 0 Å². The molecular weight excluding hydrogens is 333 g/mol. The summed E-state index contributed by atoms with van der Waals surface area (Å²) in [6.07, 6.45) is 0. The molecule has 2 aromatic carbocycles. The summed E-state index contributed by atoms with van der Waals surface area (Å²) in [6, 6.07) is 9.68. The van der Waals surface area contributed by atoms with Gasteiger partial charge in [0.1, 0.15) is 12.9 Å². The number of hydrogen-bond acceptors (Lipinski definition) is 0. The average molecular weight is 368 g/mol. The minimum Gasteiger partial charge on any atom is -0.206 e. The summed E-state index contributed by atoms with van der Waals surface area (Å²) < 4.78 is 41.1. The first-order valence-corrected chi connectivity index (χ1v) is 9.61. The molecule has 2 heteroatoms. The number of hydrogen-bond donors (Lipinski definition) is 0. The van der Waals surface area contributed by atoms with Gasteiger partial charge in [-0.1, -0.05) is 39.3 Å². The van der Waals surface area contributed by atoms with Crippen molar-refractivity contribution in [1.82, 2.24) is 0 Å². The van der Waals surface area contributed by atoms with Gasteiger partial charge in [0.15, 0.2) is 0 Å². The minimum absolute atomic E-state index is 0.0555. The summed E-state index contributed by atoms with van der Waals surface area (Å²) >= 11 is 0. The van der Waals surface area contributed by atoms with E-state index in [9.17, 15) is 0 Å². The maximum absolute atomic E-state index is 15.3. The van der Waals surface area contributed by atoms with Crippen LogP contribution in [0.15, 0.2) is 30.3 Å². The third-order valence-corrected chi connectivity index (χ3v) is 5.51. The summed E-state index contributed by atoms with van der Waals surface area (Å²) in [5, 5.41) is 0.902. The van der Waals surface area contributed by atoms with Crippen LogP contribution < -0.4 is 4.57 Å². The minimum atomic E-state index is -2.17. The molecule has 0 aliphatic carbocycles. The second-order valence-electron chi connectivity index (χ2n) is 8.20. The zero-order chi connectivity index (χ0) is 22.5. The molecule has 3 rings (SSSR count). The van der Waals surface area contributed by atoms with Gasteiger partial charge >= 0.3 is 0 Å². The molecule has 1 nitrogen and oxygen atoms in total. The normalized spacial score (nSPS) is 13.9. The molecular formula is C25H31FN+. The van der Waals surface area contributed by atoms with Crippen LogP contribution in [-0.2, 0) is 7.05 Å². The number of rotatable bonds is 3. The van der Waals surface area contributed by atoms with Gasteiger partial charge in [-0.15, -0.1) is 0 Å². The molecule has 0 saturated heterocycles. The monoisotopic (exact) mass is 367 g/mol. The van der Waals surface area contributed by atoms with Crippen LogP contribution in [0.25, 0.3) is 22.2 Å². The van der Waals surface area contributed by atoms with Crippen LogP contribution >= 0.6 is 0 Å². The Labute approximate surface area is 167 Å². The van der Waals surface area contributed by atoms with E-state index < -0.39 is 6.85 Å². The second kappa shape index (κ2) is 7.07. The third kappa shape index (κ3) is 3.26. The van der Waals surface area contributed by atoms with E-state index in [1.165, 1.54) is 0 Å². The van der Waals surface area contributed by atoms with Gasteiger partial charge in [-0.25, -0.2) is 4.39 Å². The fourth-order valence-corrected chi connectivity index (χ4v) is 3.94. The van der Waals surface area contributed by atoms with Crippen molar-refractivity contribution >= 4 is 10.9 Å². The highest BCUT2D eigenvalue weighted by molar-refractivity contribution is 5.83. The van der Waals surface area contributed by atoms with E-state index in [1.54, 1.807) is 6.07 Å². The highest BCUT2D eigenvalue weighted by Gasteiger charge is 2.24. The molecule has 27 heavy (non-hydrogen) atoms. The fraction of sp³-hybridized carbons (Fsp3) is 0.400. The Hall–Kier alpha value is -2.22. The van der Waals surface area contributed by atoms with Gasteiger partial charge in [0.25, 0.3) is 0 Å². The first kappa shape index (κ1) is 15.8. The van der Waals surface area contributed by atoms with Crippen LogP contribution in [0.2, 0.25) is 0 Å². The van der Waals surface area contributed by atoms with E-state index in [0.29, 0.717) is 11.1 Å². The molecule has 142 valence electrons. The smallest absolute Gasteiger partial charge is 0.206 e. The van der Waals surface area contributed by atoms with E-state index in [1.807, 2.05) is 72.9 Å². The molecule has 0 amide bonds. The Bertz CT molecular complexity index is 1130. The molecule has 0 atom stereocenters. The van der Waals surface area contributed by atoms with Crippen molar-refractivity contribution in [3.05, 3.63) is 64.0 Å². The van der Waals surface area contributed by atoms with Gasteiger partial charge in [-0.05, 0) is 61.4 Å². The van der Waals surface area contributed by atoms with E-state index in [4.69, 9.17) is 4.11 Å². The summed E-state index contributed by atoms with van der Waals surface area (Å²) in [7, 11) is 1.97. The second-order valence-corrected chi connectivity index (χ2v) is 8.20. The van der Waals surface area contributed by atoms with Crippen molar-refractivity contribution in [2.75, 3.05) is 0 Å². The Kier molecular flexibility index (Phi) is 4.14. The molecule has 0 spiro atoms. The highest BCUT2D eigenvalue weighted by atomic mass is 19.1. The van der Waals surface area contributed by atoms with Crippen molar-refractivity contribution < 1.29 is 13.1 Å². The maximum atomic E-state index is 15.3. The van der Waals surface area contributed by atoms with Crippen molar-refractivity contribution in [2.24, 2.45) is 7.05 Å². The number of benzene rings is 2. The van der Waals surface area contributed by atoms with Crippen LogP contribution in [-0.4, -0.2) is 0 Å². The highest BCUT2D eigenvalue weighted by Crippen LogP contribution is 2.34. The number of halogens is 1. The SMILES string of the molecule is [2H]C([2H])([2H])c1cc(C)cc(-c2ccc3c(C(C)C)c(F)c(C(C)C)cc3[n+]2C)c1C. The van der Waals surface area contributed by atoms with Crippen molar-refractivity contribution in [3.8, 4) is 11.3 Å². The topological polar surface area (TPSA) is 3.88 Å². The number of aryl methyl sites for hydroxylation is 3. The third-order valence-electron chi connectivity index (χ3n) is 5.51. The standard InChI is InChI=1S/C25H31FN/c1-14(2)20-13-23-19(24(15(3)4)25(20)26)9-10-22(27(23)8)21-12-16(5)11-17(6)18(21)7/h9-15H,1-8H3/q+1/i6D3. The molecule has 0 unspecified atom stereocenters. The van der Waals surface area contributed by atoms with Crippen LogP contribution in [0.1, 0.15) is 71.5 Å². The molecule has 0 bridgehead atoms. The lowest BCUT2D eigenvalue weighted by atomic mass is 9.90. The molecule has 0 aliphatic rings. The molecule has 0 radical (unpaired) electrons. The zero-order valence-corrected chi connectivity index (χ0v) is 17.4. The summed E-state index contributed by atoms with van der Waals surface area (Å²) in [5.74, 6) is 0.00928.